The van der Waals surface area contributed by atoms with Crippen LogP contribution >= 0.6 is 0 Å². The van der Waals surface area contributed by atoms with Crippen LogP contribution in [0.25, 0.3) is 0 Å². The molecule has 0 saturated heterocycles. The van der Waals surface area contributed by atoms with Crippen molar-refractivity contribution in [3.05, 3.63) is 42.5 Å². The fourth-order valence-electron chi connectivity index (χ4n) is 1.26. The third kappa shape index (κ3) is 3.67. The molecule has 1 amide bonds. The molecule has 1 aromatic heterocycles. The first-order valence-corrected chi connectivity index (χ1v) is 4.78. The van der Waals surface area contributed by atoms with Gasteiger partial charge in [-0.3, -0.25) is 9.59 Å². The molecule has 0 atom stereocenters. The van der Waals surface area contributed by atoms with Crippen LogP contribution in [0, 0.1) is 5.95 Å². The SMILES string of the molecule is C=CCN(CC(=O)O)C(=O)c1ccnc(F)c1. The number of halogens is 1. The molecule has 0 fully saturated rings. The van der Waals surface area contributed by atoms with E-state index in [1.807, 2.05) is 0 Å². The van der Waals surface area contributed by atoms with Crippen LogP contribution in [0.15, 0.2) is 31.0 Å². The molecule has 0 aliphatic carbocycles. The lowest BCUT2D eigenvalue weighted by Crippen LogP contribution is -2.35. The summed E-state index contributed by atoms with van der Waals surface area (Å²) in [7, 11) is 0. The first-order valence-electron chi connectivity index (χ1n) is 4.78. The predicted octanol–water partition coefficient (Wildman–Crippen LogP) is 0.934. The average Bonchev–Trinajstić information content (AvgIpc) is 2.27. The molecule has 1 aromatic rings. The monoisotopic (exact) mass is 238 g/mol. The Balaban J connectivity index is 2.90. The average molecular weight is 238 g/mol. The van der Waals surface area contributed by atoms with Crippen LogP contribution in [0.5, 0.6) is 0 Å². The fraction of sp³-hybridized carbons (Fsp3) is 0.182. The summed E-state index contributed by atoms with van der Waals surface area (Å²) in [4.78, 5) is 26.8. The molecule has 0 saturated carbocycles. The van der Waals surface area contributed by atoms with E-state index in [9.17, 15) is 14.0 Å². The van der Waals surface area contributed by atoms with Crippen LogP contribution in [0.2, 0.25) is 0 Å². The number of hydrogen-bond acceptors (Lipinski definition) is 3. The van der Waals surface area contributed by atoms with Gasteiger partial charge in [-0.25, -0.2) is 4.98 Å². The Morgan fingerprint density at radius 1 is 1.59 bits per heavy atom. The van der Waals surface area contributed by atoms with E-state index in [2.05, 4.69) is 11.6 Å². The molecule has 1 N–H and O–H groups in total. The van der Waals surface area contributed by atoms with Gasteiger partial charge in [-0.15, -0.1) is 6.58 Å². The van der Waals surface area contributed by atoms with Crippen molar-refractivity contribution >= 4 is 11.9 Å². The van der Waals surface area contributed by atoms with Crippen molar-refractivity contribution in [3.63, 3.8) is 0 Å². The molecular formula is C11H11FN2O3. The van der Waals surface area contributed by atoms with E-state index in [-0.39, 0.29) is 12.1 Å². The highest BCUT2D eigenvalue weighted by Gasteiger charge is 2.17. The van der Waals surface area contributed by atoms with Crippen LogP contribution in [-0.4, -0.2) is 40.0 Å². The maximum Gasteiger partial charge on any atom is 0.323 e. The molecule has 0 aliphatic heterocycles. The quantitative estimate of drug-likeness (QED) is 0.612. The van der Waals surface area contributed by atoms with E-state index < -0.39 is 24.4 Å². The summed E-state index contributed by atoms with van der Waals surface area (Å²) < 4.78 is 12.8. The minimum atomic E-state index is -1.14. The standard InChI is InChI=1S/C11H11FN2O3/c1-2-5-14(7-10(15)16)11(17)8-3-4-13-9(12)6-8/h2-4,6H,1,5,7H2,(H,15,16). The van der Waals surface area contributed by atoms with Crippen molar-refractivity contribution < 1.29 is 19.1 Å². The van der Waals surface area contributed by atoms with Crippen LogP contribution in [0.1, 0.15) is 10.4 Å². The fourth-order valence-corrected chi connectivity index (χ4v) is 1.26. The Hall–Kier alpha value is -2.24. The third-order valence-corrected chi connectivity index (χ3v) is 1.94. The molecule has 0 unspecified atom stereocenters. The third-order valence-electron chi connectivity index (χ3n) is 1.94. The van der Waals surface area contributed by atoms with Crippen LogP contribution in [0.3, 0.4) is 0 Å². The van der Waals surface area contributed by atoms with Gasteiger partial charge in [0.2, 0.25) is 5.95 Å². The number of pyridine rings is 1. The van der Waals surface area contributed by atoms with Crippen molar-refractivity contribution in [2.45, 2.75) is 0 Å². The molecule has 1 rings (SSSR count). The highest BCUT2D eigenvalue weighted by atomic mass is 19.1. The van der Waals surface area contributed by atoms with Crippen molar-refractivity contribution in [1.82, 2.24) is 9.88 Å². The van der Waals surface area contributed by atoms with Gasteiger partial charge in [0.15, 0.2) is 0 Å². The Bertz CT molecular complexity index is 448. The number of aliphatic carboxylic acids is 1. The number of carboxylic acids is 1. The maximum absolute atomic E-state index is 12.8. The number of carbonyl (C=O) groups excluding carboxylic acids is 1. The molecule has 0 radical (unpaired) electrons. The van der Waals surface area contributed by atoms with Gasteiger partial charge in [0, 0.05) is 24.4 Å². The molecule has 0 aromatic carbocycles. The Labute approximate surface area is 97.2 Å². The van der Waals surface area contributed by atoms with Crippen molar-refractivity contribution in [2.75, 3.05) is 13.1 Å². The van der Waals surface area contributed by atoms with Gasteiger partial charge >= 0.3 is 5.97 Å². The molecule has 0 spiro atoms. The molecule has 0 bridgehead atoms. The summed E-state index contributed by atoms with van der Waals surface area (Å²) in [6, 6.07) is 2.28. The Morgan fingerprint density at radius 2 is 2.29 bits per heavy atom. The van der Waals surface area contributed by atoms with Gasteiger partial charge in [0.1, 0.15) is 6.54 Å². The lowest BCUT2D eigenvalue weighted by Gasteiger charge is -2.18. The van der Waals surface area contributed by atoms with Crippen LogP contribution < -0.4 is 0 Å². The second-order valence-electron chi connectivity index (χ2n) is 3.24. The number of aromatic nitrogens is 1. The van der Waals surface area contributed by atoms with E-state index in [1.165, 1.54) is 12.1 Å². The van der Waals surface area contributed by atoms with E-state index in [0.717, 1.165) is 17.2 Å². The summed E-state index contributed by atoms with van der Waals surface area (Å²) in [5.41, 5.74) is 0.0561. The van der Waals surface area contributed by atoms with Gasteiger partial charge in [0.25, 0.3) is 5.91 Å². The Morgan fingerprint density at radius 3 is 2.82 bits per heavy atom. The first-order chi connectivity index (χ1) is 8.04. The summed E-state index contributed by atoms with van der Waals surface area (Å²) in [6.45, 7) is 3.04. The molecule has 1 heterocycles. The molecule has 17 heavy (non-hydrogen) atoms. The number of rotatable bonds is 5. The number of hydrogen-bond donors (Lipinski definition) is 1. The topological polar surface area (TPSA) is 70.5 Å². The van der Waals surface area contributed by atoms with Gasteiger partial charge in [0.05, 0.1) is 0 Å². The largest absolute Gasteiger partial charge is 0.480 e. The molecule has 0 aliphatic rings. The highest BCUT2D eigenvalue weighted by Crippen LogP contribution is 2.05. The zero-order valence-corrected chi connectivity index (χ0v) is 8.97. The number of carbonyl (C=O) groups is 2. The number of carboxylic acid groups (broad SMARTS) is 1. The molecule has 90 valence electrons. The lowest BCUT2D eigenvalue weighted by atomic mass is 10.2. The second-order valence-corrected chi connectivity index (χ2v) is 3.24. The second kappa shape index (κ2) is 5.74. The summed E-state index contributed by atoms with van der Waals surface area (Å²) in [5, 5.41) is 8.65. The van der Waals surface area contributed by atoms with Crippen molar-refractivity contribution in [2.24, 2.45) is 0 Å². The van der Waals surface area contributed by atoms with E-state index >= 15 is 0 Å². The van der Waals surface area contributed by atoms with E-state index in [0.29, 0.717) is 0 Å². The van der Waals surface area contributed by atoms with Crippen LogP contribution in [0.4, 0.5) is 4.39 Å². The predicted molar refractivity (Wildman–Crippen MR) is 57.9 cm³/mol. The van der Waals surface area contributed by atoms with Gasteiger partial charge in [-0.1, -0.05) is 6.08 Å². The zero-order chi connectivity index (χ0) is 12.8. The molecule has 6 heteroatoms. The normalized spacial score (nSPS) is 9.71. The highest BCUT2D eigenvalue weighted by molar-refractivity contribution is 5.95. The van der Waals surface area contributed by atoms with Gasteiger partial charge < -0.3 is 10.0 Å². The van der Waals surface area contributed by atoms with E-state index in [4.69, 9.17) is 5.11 Å². The zero-order valence-electron chi connectivity index (χ0n) is 8.97. The maximum atomic E-state index is 12.8. The smallest absolute Gasteiger partial charge is 0.323 e. The lowest BCUT2D eigenvalue weighted by molar-refractivity contribution is -0.137. The summed E-state index contributed by atoms with van der Waals surface area (Å²) in [5.74, 6) is -2.51. The van der Waals surface area contributed by atoms with Crippen molar-refractivity contribution in [3.8, 4) is 0 Å². The summed E-state index contributed by atoms with van der Waals surface area (Å²) in [6.07, 6.45) is 2.55. The minimum Gasteiger partial charge on any atom is -0.480 e. The minimum absolute atomic E-state index is 0.0561. The first kappa shape index (κ1) is 12.8. The van der Waals surface area contributed by atoms with Crippen molar-refractivity contribution in [1.29, 1.82) is 0 Å². The number of amides is 1. The van der Waals surface area contributed by atoms with Gasteiger partial charge in [-0.05, 0) is 6.07 Å². The van der Waals surface area contributed by atoms with E-state index in [1.54, 1.807) is 0 Å². The Kier molecular flexibility index (Phi) is 4.33. The summed E-state index contributed by atoms with van der Waals surface area (Å²) >= 11 is 0. The van der Waals surface area contributed by atoms with Crippen LogP contribution in [-0.2, 0) is 4.79 Å². The molecular weight excluding hydrogens is 227 g/mol. The molecule has 5 nitrogen and oxygen atoms in total. The van der Waals surface area contributed by atoms with Gasteiger partial charge in [-0.2, -0.15) is 4.39 Å². The number of nitrogens with zero attached hydrogens (tertiary/aromatic N) is 2.